The number of carbonyl (C=O) groups excluding carboxylic acids is 3. The molecule has 0 aliphatic carbocycles. The first kappa shape index (κ1) is 26.5. The number of nitrogens with one attached hydrogen (secondary N) is 4. The van der Waals surface area contributed by atoms with E-state index in [1.54, 1.807) is 38.1 Å². The van der Waals surface area contributed by atoms with Gasteiger partial charge in [0.25, 0.3) is 11.5 Å². The topological polar surface area (TPSA) is 178 Å². The number of H-pyrrole nitrogens is 1. The number of nitrogens with two attached hydrogens (primary N) is 1. The number of aromatic nitrogens is 2. The predicted molar refractivity (Wildman–Crippen MR) is 134 cm³/mol. The van der Waals surface area contributed by atoms with Gasteiger partial charge in [-0.3, -0.25) is 19.4 Å². The van der Waals surface area contributed by atoms with Crippen molar-refractivity contribution in [1.29, 1.82) is 0 Å². The molecule has 1 amide bonds. The summed E-state index contributed by atoms with van der Waals surface area (Å²) in [6.45, 7) is 4.31. The molecule has 194 valence electrons. The molecule has 0 bridgehead atoms. The molecule has 1 aliphatic rings. The molecule has 3 rings (SSSR count). The summed E-state index contributed by atoms with van der Waals surface area (Å²) in [5.41, 5.74) is 7.55. The molecule has 1 aromatic heterocycles. The highest BCUT2D eigenvalue weighted by molar-refractivity contribution is 5.97. The van der Waals surface area contributed by atoms with Gasteiger partial charge in [-0.15, -0.1) is 0 Å². The summed E-state index contributed by atoms with van der Waals surface area (Å²) in [5.74, 6) is -1.40. The summed E-state index contributed by atoms with van der Waals surface area (Å²) in [7, 11) is 0. The maximum Gasteiger partial charge on any atom is 0.328 e. The number of benzene rings is 1. The molecule has 0 radical (unpaired) electrons. The van der Waals surface area contributed by atoms with Gasteiger partial charge < -0.3 is 31.2 Å². The Bertz CT molecular complexity index is 1130. The van der Waals surface area contributed by atoms with E-state index >= 15 is 0 Å². The van der Waals surface area contributed by atoms with Crippen LogP contribution in [-0.2, 0) is 25.5 Å². The van der Waals surface area contributed by atoms with Crippen LogP contribution in [0.2, 0.25) is 0 Å². The first-order valence-electron chi connectivity index (χ1n) is 11.9. The van der Waals surface area contributed by atoms with Crippen molar-refractivity contribution in [3.63, 3.8) is 0 Å². The van der Waals surface area contributed by atoms with Gasteiger partial charge in [0.2, 0.25) is 5.95 Å². The van der Waals surface area contributed by atoms with Crippen molar-refractivity contribution in [3.8, 4) is 0 Å². The number of nitrogen functional groups attached to an aromatic ring is 1. The van der Waals surface area contributed by atoms with Crippen LogP contribution in [0.25, 0.3) is 0 Å². The third kappa shape index (κ3) is 7.20. The van der Waals surface area contributed by atoms with Crippen LogP contribution >= 0.6 is 0 Å². The highest BCUT2D eigenvalue weighted by Gasteiger charge is 2.24. The Morgan fingerprint density at radius 3 is 2.58 bits per heavy atom. The normalized spacial score (nSPS) is 15.1. The van der Waals surface area contributed by atoms with Crippen molar-refractivity contribution >= 4 is 35.2 Å². The molecule has 12 heteroatoms. The minimum atomic E-state index is -0.965. The fourth-order valence-electron chi connectivity index (χ4n) is 3.82. The van der Waals surface area contributed by atoms with E-state index in [1.807, 2.05) is 0 Å². The van der Waals surface area contributed by atoms with Crippen LogP contribution in [0.1, 0.15) is 49.2 Å². The third-order valence-corrected chi connectivity index (χ3v) is 5.61. The summed E-state index contributed by atoms with van der Waals surface area (Å²) < 4.78 is 9.91. The van der Waals surface area contributed by atoms with E-state index in [2.05, 4.69) is 25.9 Å². The van der Waals surface area contributed by atoms with Gasteiger partial charge in [0.05, 0.1) is 18.9 Å². The van der Waals surface area contributed by atoms with Gasteiger partial charge in [-0.25, -0.2) is 9.78 Å². The van der Waals surface area contributed by atoms with Crippen LogP contribution in [0.4, 0.5) is 17.3 Å². The molecule has 0 fully saturated rings. The van der Waals surface area contributed by atoms with Crippen molar-refractivity contribution in [2.75, 3.05) is 36.1 Å². The van der Waals surface area contributed by atoms with Crippen LogP contribution < -0.4 is 27.2 Å². The Kier molecular flexibility index (Phi) is 9.25. The van der Waals surface area contributed by atoms with E-state index in [0.29, 0.717) is 29.9 Å². The quantitative estimate of drug-likeness (QED) is 0.282. The van der Waals surface area contributed by atoms with Crippen molar-refractivity contribution < 1.29 is 23.9 Å². The Labute approximate surface area is 208 Å². The van der Waals surface area contributed by atoms with Gasteiger partial charge >= 0.3 is 11.9 Å². The molecule has 0 spiro atoms. The van der Waals surface area contributed by atoms with E-state index in [1.165, 1.54) is 0 Å². The minimum Gasteiger partial charge on any atom is -0.466 e. The highest BCUT2D eigenvalue weighted by Crippen LogP contribution is 2.20. The number of amides is 1. The lowest BCUT2D eigenvalue weighted by molar-refractivity contribution is -0.146. The lowest BCUT2D eigenvalue weighted by atomic mass is 10.0. The second-order valence-electron chi connectivity index (χ2n) is 8.23. The molecule has 2 aromatic rings. The van der Waals surface area contributed by atoms with Gasteiger partial charge in [-0.1, -0.05) is 0 Å². The number of hydrogen-bond acceptors (Lipinski definition) is 10. The number of anilines is 3. The van der Waals surface area contributed by atoms with E-state index in [4.69, 9.17) is 15.2 Å². The lowest BCUT2D eigenvalue weighted by Crippen LogP contribution is -2.42. The average Bonchev–Trinajstić information content (AvgIpc) is 2.85. The first-order valence-corrected chi connectivity index (χ1v) is 11.9. The molecule has 2 atom stereocenters. The second kappa shape index (κ2) is 12.6. The Morgan fingerprint density at radius 2 is 1.89 bits per heavy atom. The summed E-state index contributed by atoms with van der Waals surface area (Å²) in [6, 6.07) is 5.81. The lowest BCUT2D eigenvalue weighted by Gasteiger charge is -2.26. The third-order valence-electron chi connectivity index (χ3n) is 5.61. The number of aryl methyl sites for hydroxylation is 1. The molecule has 0 saturated carbocycles. The molecular formula is C24H32N6O6. The van der Waals surface area contributed by atoms with E-state index < -0.39 is 23.9 Å². The van der Waals surface area contributed by atoms with Gasteiger partial charge in [-0.05, 0) is 57.4 Å². The number of aromatic amines is 1. The Hall–Kier alpha value is -4.09. The minimum absolute atomic E-state index is 0.0109. The summed E-state index contributed by atoms with van der Waals surface area (Å²) in [6.07, 6.45) is 1.47. The number of rotatable bonds is 11. The molecule has 1 aliphatic heterocycles. The first-order chi connectivity index (χ1) is 17.3. The molecule has 2 unspecified atom stereocenters. The number of ether oxygens (including phenoxy) is 2. The SMILES string of the molecule is CCOC(=O)CCC(NC(=O)c1ccc(NCC2CCc3nc(N)[nH]c(=O)c3N2)cc1)C(=O)OCC. The average molecular weight is 501 g/mol. The fourth-order valence-corrected chi connectivity index (χ4v) is 3.82. The van der Waals surface area contributed by atoms with Crippen LogP contribution in [0, 0.1) is 0 Å². The standard InChI is InChI=1S/C24H32N6O6/c1-3-35-19(31)12-11-18(23(34)36-4-2)28-21(32)14-5-7-15(8-6-14)26-13-16-9-10-17-20(27-16)22(33)30-24(25)29-17/h5-8,16,18,26-27H,3-4,9-13H2,1-2H3,(H,28,32)(H3,25,29,30,33). The number of nitrogens with zero attached hydrogens (tertiary/aromatic N) is 1. The molecule has 12 nitrogen and oxygen atoms in total. The van der Waals surface area contributed by atoms with Crippen molar-refractivity contribution in [3.05, 3.63) is 45.9 Å². The smallest absolute Gasteiger partial charge is 0.328 e. The zero-order valence-electron chi connectivity index (χ0n) is 20.4. The summed E-state index contributed by atoms with van der Waals surface area (Å²) in [5, 5.41) is 9.12. The number of fused-ring (bicyclic) bond motifs is 1. The number of hydrogen-bond donors (Lipinski definition) is 5. The molecule has 36 heavy (non-hydrogen) atoms. The predicted octanol–water partition coefficient (Wildman–Crippen LogP) is 1.20. The van der Waals surface area contributed by atoms with Crippen molar-refractivity contribution in [2.45, 2.75) is 51.6 Å². The second-order valence-corrected chi connectivity index (χ2v) is 8.23. The molecule has 2 heterocycles. The van der Waals surface area contributed by atoms with Gasteiger partial charge in [0.15, 0.2) is 0 Å². The Balaban J connectivity index is 1.54. The number of esters is 2. The van der Waals surface area contributed by atoms with Crippen LogP contribution in [0.3, 0.4) is 0 Å². The highest BCUT2D eigenvalue weighted by atomic mass is 16.5. The Morgan fingerprint density at radius 1 is 1.17 bits per heavy atom. The largest absolute Gasteiger partial charge is 0.466 e. The maximum atomic E-state index is 12.7. The van der Waals surface area contributed by atoms with Gasteiger partial charge in [0.1, 0.15) is 11.7 Å². The zero-order valence-corrected chi connectivity index (χ0v) is 20.4. The van der Waals surface area contributed by atoms with Crippen LogP contribution in [-0.4, -0.2) is 59.7 Å². The summed E-state index contributed by atoms with van der Waals surface area (Å²) >= 11 is 0. The fraction of sp³-hybridized carbons (Fsp3) is 0.458. The molecule has 0 saturated heterocycles. The number of carbonyl (C=O) groups is 3. The maximum absolute atomic E-state index is 12.7. The van der Waals surface area contributed by atoms with Gasteiger partial charge in [0, 0.05) is 30.3 Å². The van der Waals surface area contributed by atoms with Crippen LogP contribution in [0.5, 0.6) is 0 Å². The summed E-state index contributed by atoms with van der Waals surface area (Å²) in [4.78, 5) is 55.4. The van der Waals surface area contributed by atoms with E-state index in [-0.39, 0.29) is 43.6 Å². The molecule has 6 N–H and O–H groups in total. The van der Waals surface area contributed by atoms with E-state index in [9.17, 15) is 19.2 Å². The van der Waals surface area contributed by atoms with Gasteiger partial charge in [-0.2, -0.15) is 0 Å². The monoisotopic (exact) mass is 500 g/mol. The zero-order chi connectivity index (χ0) is 26.1. The van der Waals surface area contributed by atoms with Crippen molar-refractivity contribution in [2.24, 2.45) is 0 Å². The van der Waals surface area contributed by atoms with Crippen LogP contribution in [0.15, 0.2) is 29.1 Å². The van der Waals surface area contributed by atoms with E-state index in [0.717, 1.165) is 12.1 Å². The molecular weight excluding hydrogens is 468 g/mol. The van der Waals surface area contributed by atoms with Crippen molar-refractivity contribution in [1.82, 2.24) is 15.3 Å². The molecule has 1 aromatic carbocycles.